The quantitative estimate of drug-likeness (QED) is 0.760. The molecule has 0 atom stereocenters. The number of piperidine rings is 1. The molecule has 0 spiro atoms. The van der Waals surface area contributed by atoms with Crippen molar-refractivity contribution in [1.29, 1.82) is 0 Å². The van der Waals surface area contributed by atoms with Crippen LogP contribution >= 0.6 is 0 Å². The minimum Gasteiger partial charge on any atom is -0.338 e. The van der Waals surface area contributed by atoms with Gasteiger partial charge in [-0.1, -0.05) is 30.0 Å². The van der Waals surface area contributed by atoms with Crippen molar-refractivity contribution >= 4 is 11.7 Å². The van der Waals surface area contributed by atoms with E-state index < -0.39 is 0 Å². The van der Waals surface area contributed by atoms with Crippen LogP contribution in [0.4, 0.5) is 0 Å². The maximum Gasteiger partial charge on any atom is 0.253 e. The van der Waals surface area contributed by atoms with E-state index >= 15 is 0 Å². The topological polar surface area (TPSA) is 37.4 Å². The number of hydrogen-bond donors (Lipinski definition) is 0. The molecule has 3 heteroatoms. The van der Waals surface area contributed by atoms with E-state index in [2.05, 4.69) is 11.8 Å². The molecule has 0 radical (unpaired) electrons. The Bertz CT molecular complexity index is 757. The van der Waals surface area contributed by atoms with Gasteiger partial charge in [0.25, 0.3) is 5.91 Å². The Morgan fingerprint density at radius 3 is 2.00 bits per heavy atom. The number of hydrogen-bond acceptors (Lipinski definition) is 2. The van der Waals surface area contributed by atoms with E-state index in [-0.39, 0.29) is 11.7 Å². The minimum atomic E-state index is -0.0138. The van der Waals surface area contributed by atoms with Gasteiger partial charge in [0.2, 0.25) is 0 Å². The summed E-state index contributed by atoms with van der Waals surface area (Å²) in [5.41, 5.74) is 2.48. The maximum absolute atomic E-state index is 12.4. The summed E-state index contributed by atoms with van der Waals surface area (Å²) >= 11 is 0. The number of nitrogens with zero attached hydrogens (tertiary/aromatic N) is 1. The summed E-state index contributed by atoms with van der Waals surface area (Å²) in [7, 11) is 0. The monoisotopic (exact) mass is 303 g/mol. The number of Topliss-reactive ketones (excluding diaryl/α,β-unsaturated/α-hetero) is 1. The van der Waals surface area contributed by atoms with Gasteiger partial charge < -0.3 is 4.90 Å². The molecule has 1 heterocycles. The number of carbonyl (C=O) groups excluding carboxylic acids is 2. The van der Waals surface area contributed by atoms with E-state index in [9.17, 15) is 9.59 Å². The second-order valence-electron chi connectivity index (χ2n) is 5.52. The Kier molecular flexibility index (Phi) is 4.54. The Balaban J connectivity index is 1.69. The first-order valence-corrected chi connectivity index (χ1v) is 7.70. The highest BCUT2D eigenvalue weighted by Crippen LogP contribution is 2.12. The van der Waals surface area contributed by atoms with Gasteiger partial charge in [-0.15, -0.1) is 0 Å². The molecule has 114 valence electrons. The predicted octanol–water partition coefficient (Wildman–Crippen LogP) is 2.89. The molecule has 2 aromatic rings. The lowest BCUT2D eigenvalue weighted by Crippen LogP contribution is -2.38. The summed E-state index contributed by atoms with van der Waals surface area (Å²) in [6, 6.07) is 17.1. The van der Waals surface area contributed by atoms with Gasteiger partial charge in [-0.05, 0) is 36.4 Å². The van der Waals surface area contributed by atoms with Gasteiger partial charge in [0.05, 0.1) is 0 Å². The van der Waals surface area contributed by atoms with Gasteiger partial charge in [-0.25, -0.2) is 0 Å². The van der Waals surface area contributed by atoms with E-state index in [1.165, 1.54) is 0 Å². The highest BCUT2D eigenvalue weighted by atomic mass is 16.2. The van der Waals surface area contributed by atoms with E-state index in [0.29, 0.717) is 31.5 Å². The summed E-state index contributed by atoms with van der Waals surface area (Å²) in [5.74, 6) is 6.41. The maximum atomic E-state index is 12.4. The lowest BCUT2D eigenvalue weighted by Gasteiger charge is -2.26. The molecule has 1 aliphatic rings. The van der Waals surface area contributed by atoms with E-state index in [1.807, 2.05) is 42.5 Å². The van der Waals surface area contributed by atoms with Gasteiger partial charge in [0.15, 0.2) is 0 Å². The molecule has 0 N–H and O–H groups in total. The Morgan fingerprint density at radius 2 is 1.39 bits per heavy atom. The molecule has 3 rings (SSSR count). The van der Waals surface area contributed by atoms with Crippen molar-refractivity contribution in [2.24, 2.45) is 0 Å². The van der Waals surface area contributed by atoms with Gasteiger partial charge in [-0.3, -0.25) is 9.59 Å². The Labute approximate surface area is 135 Å². The number of rotatable bonds is 1. The standard InChI is InChI=1S/C20H17NO2/c22-19-12-14-21(15-13-19)20(23)18-10-8-17(9-11-18)7-6-16-4-2-1-3-5-16/h1-5,8-11H,12-15H2. The fraction of sp³-hybridized carbons (Fsp3) is 0.200. The summed E-state index contributed by atoms with van der Waals surface area (Å²) < 4.78 is 0. The zero-order valence-electron chi connectivity index (χ0n) is 12.8. The summed E-state index contributed by atoms with van der Waals surface area (Å²) in [4.78, 5) is 25.4. The number of ketones is 1. The summed E-state index contributed by atoms with van der Waals surface area (Å²) in [5, 5.41) is 0. The van der Waals surface area contributed by atoms with Crippen LogP contribution in [0.5, 0.6) is 0 Å². The molecule has 0 bridgehead atoms. The van der Waals surface area contributed by atoms with Crippen LogP contribution in [-0.2, 0) is 4.79 Å². The van der Waals surface area contributed by atoms with E-state index in [1.54, 1.807) is 17.0 Å². The zero-order valence-corrected chi connectivity index (χ0v) is 12.8. The fourth-order valence-corrected chi connectivity index (χ4v) is 2.50. The fourth-order valence-electron chi connectivity index (χ4n) is 2.50. The number of amides is 1. The second kappa shape index (κ2) is 6.93. The molecule has 1 fully saturated rings. The van der Waals surface area contributed by atoms with Crippen molar-refractivity contribution in [1.82, 2.24) is 4.90 Å². The molecule has 0 aromatic heterocycles. The lowest BCUT2D eigenvalue weighted by atomic mass is 10.1. The normalized spacial score (nSPS) is 14.1. The van der Waals surface area contributed by atoms with Crippen molar-refractivity contribution in [3.05, 3.63) is 71.3 Å². The van der Waals surface area contributed by atoms with Crippen molar-refractivity contribution in [3.63, 3.8) is 0 Å². The highest BCUT2D eigenvalue weighted by molar-refractivity contribution is 5.95. The molecule has 0 aliphatic carbocycles. The molecule has 1 aliphatic heterocycles. The third-order valence-electron chi connectivity index (χ3n) is 3.87. The van der Waals surface area contributed by atoms with Crippen LogP contribution in [0.1, 0.15) is 34.3 Å². The van der Waals surface area contributed by atoms with Gasteiger partial charge in [0, 0.05) is 42.6 Å². The number of carbonyl (C=O) groups is 2. The highest BCUT2D eigenvalue weighted by Gasteiger charge is 2.21. The first-order chi connectivity index (χ1) is 11.2. The minimum absolute atomic E-state index is 0.0138. The number of likely N-dealkylation sites (tertiary alicyclic amines) is 1. The first-order valence-electron chi connectivity index (χ1n) is 7.70. The molecular formula is C20H17NO2. The molecule has 1 saturated heterocycles. The SMILES string of the molecule is O=C1CCN(C(=O)c2ccc(C#Cc3ccccc3)cc2)CC1. The average molecular weight is 303 g/mol. The average Bonchev–Trinajstić information content (AvgIpc) is 2.61. The van der Waals surface area contributed by atoms with E-state index in [4.69, 9.17) is 0 Å². The van der Waals surface area contributed by atoms with Crippen molar-refractivity contribution in [3.8, 4) is 11.8 Å². The van der Waals surface area contributed by atoms with Crippen molar-refractivity contribution in [2.75, 3.05) is 13.1 Å². The zero-order chi connectivity index (χ0) is 16.1. The van der Waals surface area contributed by atoms with Crippen LogP contribution in [0.25, 0.3) is 0 Å². The molecule has 0 unspecified atom stereocenters. The summed E-state index contributed by atoms with van der Waals surface area (Å²) in [6.45, 7) is 1.04. The molecule has 1 amide bonds. The van der Waals surface area contributed by atoms with Gasteiger partial charge in [-0.2, -0.15) is 0 Å². The number of benzene rings is 2. The third kappa shape index (κ3) is 3.87. The third-order valence-corrected chi connectivity index (χ3v) is 3.87. The van der Waals surface area contributed by atoms with Crippen molar-refractivity contribution in [2.45, 2.75) is 12.8 Å². The van der Waals surface area contributed by atoms with Crippen LogP contribution in [0.15, 0.2) is 54.6 Å². The first kappa shape index (κ1) is 15.1. The molecule has 3 nitrogen and oxygen atoms in total. The van der Waals surface area contributed by atoms with Crippen molar-refractivity contribution < 1.29 is 9.59 Å². The Hall–Kier alpha value is -2.86. The van der Waals surface area contributed by atoms with E-state index in [0.717, 1.165) is 11.1 Å². The van der Waals surface area contributed by atoms with Crippen LogP contribution in [0, 0.1) is 11.8 Å². The summed E-state index contributed by atoms with van der Waals surface area (Å²) in [6.07, 6.45) is 0.929. The molecule has 23 heavy (non-hydrogen) atoms. The molecule has 2 aromatic carbocycles. The van der Waals surface area contributed by atoms with Crippen LogP contribution in [0.2, 0.25) is 0 Å². The van der Waals surface area contributed by atoms with Crippen LogP contribution in [-0.4, -0.2) is 29.7 Å². The van der Waals surface area contributed by atoms with Gasteiger partial charge in [0.1, 0.15) is 5.78 Å². The molecular weight excluding hydrogens is 286 g/mol. The lowest BCUT2D eigenvalue weighted by molar-refractivity contribution is -0.120. The van der Waals surface area contributed by atoms with Crippen LogP contribution in [0.3, 0.4) is 0 Å². The predicted molar refractivity (Wildman–Crippen MR) is 89.0 cm³/mol. The second-order valence-corrected chi connectivity index (χ2v) is 5.52. The van der Waals surface area contributed by atoms with Crippen LogP contribution < -0.4 is 0 Å². The largest absolute Gasteiger partial charge is 0.338 e. The smallest absolute Gasteiger partial charge is 0.253 e. The Morgan fingerprint density at radius 1 is 0.826 bits per heavy atom. The molecule has 0 saturated carbocycles. The van der Waals surface area contributed by atoms with Gasteiger partial charge >= 0.3 is 0 Å².